The number of amides is 1. The molecule has 0 radical (unpaired) electrons. The van der Waals surface area contributed by atoms with Gasteiger partial charge in [-0.1, -0.05) is 6.92 Å². The molecule has 1 amide bonds. The van der Waals surface area contributed by atoms with Crippen molar-refractivity contribution in [3.05, 3.63) is 23.4 Å². The van der Waals surface area contributed by atoms with Crippen LogP contribution in [-0.2, 0) is 20.0 Å². The number of nitrogens with one attached hydrogen (secondary N) is 2. The van der Waals surface area contributed by atoms with Gasteiger partial charge >= 0.3 is 5.97 Å². The van der Waals surface area contributed by atoms with E-state index in [2.05, 4.69) is 17.6 Å². The number of piperidine rings is 1. The van der Waals surface area contributed by atoms with Crippen molar-refractivity contribution in [2.45, 2.75) is 85.9 Å². The van der Waals surface area contributed by atoms with Crippen molar-refractivity contribution >= 4 is 33.5 Å². The topological polar surface area (TPSA) is 125 Å². The lowest BCUT2D eigenvalue weighted by Gasteiger charge is -2.59. The summed E-state index contributed by atoms with van der Waals surface area (Å²) in [5.41, 5.74) is 0.687. The summed E-state index contributed by atoms with van der Waals surface area (Å²) in [5, 5.41) is 16.9. The maximum Gasteiger partial charge on any atom is 0.304 e. The van der Waals surface area contributed by atoms with Gasteiger partial charge in [-0.25, -0.2) is 13.4 Å². The van der Waals surface area contributed by atoms with Crippen molar-refractivity contribution in [3.8, 4) is 0 Å². The summed E-state index contributed by atoms with van der Waals surface area (Å²) in [6.45, 7) is 3.51. The van der Waals surface area contributed by atoms with Crippen LogP contribution in [0.25, 0.3) is 0 Å². The maximum atomic E-state index is 13.7. The third-order valence-corrected chi connectivity index (χ3v) is 12.6. The monoisotopic (exact) mass is 549 g/mol. The van der Waals surface area contributed by atoms with Gasteiger partial charge in [0.1, 0.15) is 5.03 Å². The fourth-order valence-corrected chi connectivity index (χ4v) is 10.3. The molecule has 1 saturated heterocycles. The van der Waals surface area contributed by atoms with Gasteiger partial charge in [0, 0.05) is 30.0 Å². The van der Waals surface area contributed by atoms with Crippen LogP contribution in [0, 0.1) is 17.8 Å². The van der Waals surface area contributed by atoms with Gasteiger partial charge in [0.2, 0.25) is 0 Å². The van der Waals surface area contributed by atoms with Gasteiger partial charge in [0.05, 0.1) is 16.7 Å². The molecule has 204 valence electrons. The fraction of sp³-hybridized carbons (Fsp3) is 0.741. The number of carboxylic acid groups (broad SMARTS) is 1. The average molecular weight is 550 g/mol. The average Bonchev–Trinajstić information content (AvgIpc) is 2.83. The van der Waals surface area contributed by atoms with Crippen LogP contribution >= 0.6 is 11.8 Å². The van der Waals surface area contributed by atoms with Gasteiger partial charge in [-0.15, -0.1) is 11.8 Å². The minimum Gasteiger partial charge on any atom is -0.481 e. The molecule has 4 aliphatic carbocycles. The fourth-order valence-electron chi connectivity index (χ4n) is 7.80. The van der Waals surface area contributed by atoms with Gasteiger partial charge in [0.15, 0.2) is 9.84 Å². The Morgan fingerprint density at radius 1 is 1.22 bits per heavy atom. The third kappa shape index (κ3) is 5.05. The lowest BCUT2D eigenvalue weighted by Crippen LogP contribution is -2.63. The lowest BCUT2D eigenvalue weighted by molar-refractivity contribution is -0.138. The van der Waals surface area contributed by atoms with Crippen LogP contribution in [0.3, 0.4) is 0 Å². The number of nitrogens with zero attached hydrogens (tertiary/aromatic N) is 1. The van der Waals surface area contributed by atoms with Gasteiger partial charge in [0.25, 0.3) is 5.91 Å². The summed E-state index contributed by atoms with van der Waals surface area (Å²) in [6, 6.07) is 3.65. The van der Waals surface area contributed by atoms with E-state index in [-0.39, 0.29) is 30.2 Å². The second-order valence-electron chi connectivity index (χ2n) is 12.0. The molecule has 0 aromatic carbocycles. The van der Waals surface area contributed by atoms with E-state index in [0.717, 1.165) is 56.5 Å². The maximum absolute atomic E-state index is 13.7. The van der Waals surface area contributed by atoms with E-state index in [9.17, 15) is 23.1 Å². The SMILES string of the molecule is CCCSc1nc([C@]2(CC(=O)O)CCCNC2)ccc1C(=O)N[C@H]1C2CC3CC1C[C@@](S(C)(=O)=O)(C3)C2. The summed E-state index contributed by atoms with van der Waals surface area (Å²) in [6.07, 6.45) is 7.98. The van der Waals surface area contributed by atoms with Gasteiger partial charge in [-0.05, 0) is 93.6 Å². The van der Waals surface area contributed by atoms with E-state index >= 15 is 0 Å². The Kier molecular flexibility index (Phi) is 7.39. The van der Waals surface area contributed by atoms with E-state index in [0.29, 0.717) is 35.9 Å². The van der Waals surface area contributed by atoms with Crippen LogP contribution < -0.4 is 10.6 Å². The first kappa shape index (κ1) is 26.9. The van der Waals surface area contributed by atoms with Crippen LogP contribution in [0.2, 0.25) is 0 Å². The van der Waals surface area contributed by atoms with Gasteiger partial charge in [-0.2, -0.15) is 0 Å². The van der Waals surface area contributed by atoms with Crippen molar-refractivity contribution in [2.24, 2.45) is 17.8 Å². The molecule has 2 heterocycles. The summed E-state index contributed by atoms with van der Waals surface area (Å²) < 4.78 is 24.8. The van der Waals surface area contributed by atoms with Crippen LogP contribution in [-0.4, -0.2) is 66.3 Å². The van der Waals surface area contributed by atoms with E-state index in [1.54, 1.807) is 11.8 Å². The molecule has 1 aromatic rings. The number of rotatable bonds is 9. The third-order valence-electron chi connectivity index (χ3n) is 9.35. The zero-order valence-corrected chi connectivity index (χ0v) is 23.4. The highest BCUT2D eigenvalue weighted by atomic mass is 32.2. The quantitative estimate of drug-likeness (QED) is 0.400. The Morgan fingerprint density at radius 3 is 2.54 bits per heavy atom. The summed E-state index contributed by atoms with van der Waals surface area (Å²) in [7, 11) is -3.15. The molecule has 2 unspecified atom stereocenters. The predicted molar refractivity (Wildman–Crippen MR) is 144 cm³/mol. The zero-order chi connectivity index (χ0) is 26.4. The molecule has 1 aliphatic heterocycles. The lowest BCUT2D eigenvalue weighted by atomic mass is 9.53. The van der Waals surface area contributed by atoms with E-state index in [1.807, 2.05) is 12.1 Å². The molecule has 0 spiro atoms. The molecule has 1 aromatic heterocycles. The predicted octanol–water partition coefficient (Wildman–Crippen LogP) is 3.40. The van der Waals surface area contributed by atoms with E-state index < -0.39 is 26.0 Å². The number of hydrogen-bond acceptors (Lipinski definition) is 7. The Bertz CT molecular complexity index is 1150. The number of carboxylic acids is 1. The van der Waals surface area contributed by atoms with Crippen LogP contribution in [0.5, 0.6) is 0 Å². The molecule has 5 aliphatic rings. The second kappa shape index (κ2) is 10.2. The van der Waals surface area contributed by atoms with Crippen molar-refractivity contribution in [2.75, 3.05) is 25.1 Å². The Hall–Kier alpha value is -1.65. The van der Waals surface area contributed by atoms with E-state index in [4.69, 9.17) is 4.98 Å². The van der Waals surface area contributed by atoms with Crippen molar-refractivity contribution in [3.63, 3.8) is 0 Å². The number of aliphatic carboxylic acids is 1. The van der Waals surface area contributed by atoms with Crippen molar-refractivity contribution in [1.82, 2.24) is 15.6 Å². The molecular weight excluding hydrogens is 510 g/mol. The van der Waals surface area contributed by atoms with Crippen molar-refractivity contribution < 1.29 is 23.1 Å². The second-order valence-corrected chi connectivity index (χ2v) is 15.4. The molecule has 5 fully saturated rings. The number of sulfone groups is 1. The Morgan fingerprint density at radius 2 is 1.95 bits per heavy atom. The van der Waals surface area contributed by atoms with Gasteiger partial charge < -0.3 is 15.7 Å². The summed E-state index contributed by atoms with van der Waals surface area (Å²) in [4.78, 5) is 30.3. The molecule has 6 rings (SSSR count). The van der Waals surface area contributed by atoms with E-state index in [1.165, 1.54) is 6.26 Å². The number of aromatic nitrogens is 1. The number of thioether (sulfide) groups is 1. The first-order valence-electron chi connectivity index (χ1n) is 13.6. The molecular formula is C27H39N3O5S2. The molecule has 37 heavy (non-hydrogen) atoms. The minimum atomic E-state index is -3.15. The van der Waals surface area contributed by atoms with Gasteiger partial charge in [-0.3, -0.25) is 9.59 Å². The highest BCUT2D eigenvalue weighted by Crippen LogP contribution is 2.58. The zero-order valence-electron chi connectivity index (χ0n) is 21.8. The number of hydrogen-bond donors (Lipinski definition) is 3. The Balaban J connectivity index is 1.40. The number of pyridine rings is 1. The molecule has 8 nitrogen and oxygen atoms in total. The van der Waals surface area contributed by atoms with Crippen molar-refractivity contribution in [1.29, 1.82) is 0 Å². The molecule has 4 saturated carbocycles. The first-order chi connectivity index (χ1) is 17.6. The van der Waals surface area contributed by atoms with Crippen LogP contribution in [0.15, 0.2) is 17.2 Å². The minimum absolute atomic E-state index is 0.00507. The largest absolute Gasteiger partial charge is 0.481 e. The number of carbonyl (C=O) groups is 2. The standard InChI is InChI=1S/C27H39N3O5S2/c1-3-9-36-25-20(5-6-21(29-25)26(15-22(31)32)7-4-8-28-16-26)24(33)30-23-18-10-17-11-19(23)14-27(12-17,13-18)37(2,34)35/h5-6,17-19,23,28H,3-4,7-16H2,1-2H3,(H,30,33)(H,31,32)/t17?,18?,19?,23-,26-,27+/m0/s1. The highest BCUT2D eigenvalue weighted by Gasteiger charge is 2.59. The van der Waals surface area contributed by atoms with Crippen LogP contribution in [0.1, 0.15) is 80.8 Å². The van der Waals surface area contributed by atoms with Crippen LogP contribution in [0.4, 0.5) is 0 Å². The summed E-state index contributed by atoms with van der Waals surface area (Å²) >= 11 is 1.55. The highest BCUT2D eigenvalue weighted by molar-refractivity contribution is 7.99. The number of carbonyl (C=O) groups excluding carboxylic acids is 1. The first-order valence-corrected chi connectivity index (χ1v) is 16.5. The smallest absolute Gasteiger partial charge is 0.304 e. The molecule has 10 heteroatoms. The molecule has 3 N–H and O–H groups in total. The normalized spacial score (nSPS) is 34.9. The molecule has 3 atom stereocenters. The summed E-state index contributed by atoms with van der Waals surface area (Å²) in [5.74, 6) is 0.633. The molecule has 4 bridgehead atoms. The Labute approximate surface area is 224 Å².